The van der Waals surface area contributed by atoms with Gasteiger partial charge in [0.05, 0.1) is 27.5 Å². The molecule has 0 radical (unpaired) electrons. The van der Waals surface area contributed by atoms with Crippen LogP contribution in [0.2, 0.25) is 10.0 Å². The molecule has 0 fully saturated rings. The first-order valence-corrected chi connectivity index (χ1v) is 7.68. The molecule has 0 bridgehead atoms. The lowest BCUT2D eigenvalue weighted by molar-refractivity contribution is 0.102. The maximum Gasteiger partial charge on any atom is 0.258 e. The summed E-state index contributed by atoms with van der Waals surface area (Å²) in [7, 11) is 0. The average molecular weight is 363 g/mol. The van der Waals surface area contributed by atoms with Gasteiger partial charge in [-0.25, -0.2) is 0 Å². The zero-order chi connectivity index (χ0) is 17.1. The fraction of sp³-hybridized carbons (Fsp3) is 0.0625. The van der Waals surface area contributed by atoms with Gasteiger partial charge < -0.3 is 15.2 Å². The summed E-state index contributed by atoms with van der Waals surface area (Å²) in [6.07, 6.45) is 3.06. The summed E-state index contributed by atoms with van der Waals surface area (Å²) in [6, 6.07) is 8.44. The van der Waals surface area contributed by atoms with Crippen molar-refractivity contribution in [2.24, 2.45) is 0 Å². The molecular weight excluding hydrogens is 351 g/mol. The largest absolute Gasteiger partial charge is 0.360 e. The molecule has 6 nitrogen and oxygen atoms in total. The van der Waals surface area contributed by atoms with Crippen LogP contribution in [0.3, 0.4) is 0 Å². The first-order valence-electron chi connectivity index (χ1n) is 6.93. The fourth-order valence-corrected chi connectivity index (χ4v) is 2.28. The summed E-state index contributed by atoms with van der Waals surface area (Å²) < 4.78 is 4.91. The number of amides is 1. The second-order valence-electron chi connectivity index (χ2n) is 4.99. The molecular formula is C16H12Cl2N4O2. The van der Waals surface area contributed by atoms with Crippen LogP contribution in [0.25, 0.3) is 0 Å². The number of carbonyl (C=O) groups excluding carboxylic acids is 1. The minimum Gasteiger partial charge on any atom is -0.360 e. The number of anilines is 3. The molecule has 3 rings (SSSR count). The maximum absolute atomic E-state index is 12.2. The SMILES string of the molecule is Cc1cc(NC(=O)c2cncc(Nc3ccc(Cl)c(Cl)c3)c2)no1. The molecule has 3 aromatic rings. The zero-order valence-electron chi connectivity index (χ0n) is 12.5. The van der Waals surface area contributed by atoms with Crippen molar-refractivity contribution in [1.82, 2.24) is 10.1 Å². The Kier molecular flexibility index (Phi) is 4.69. The number of benzene rings is 1. The Bertz CT molecular complexity index is 895. The molecule has 0 saturated heterocycles. The lowest BCUT2D eigenvalue weighted by Gasteiger charge is -2.08. The van der Waals surface area contributed by atoms with Crippen LogP contribution in [0.1, 0.15) is 16.1 Å². The Balaban J connectivity index is 1.75. The molecule has 2 heterocycles. The standard InChI is InChI=1S/C16H12Cl2N4O2/c1-9-4-15(22-24-9)21-16(23)10-5-12(8-19-7-10)20-11-2-3-13(17)14(18)6-11/h2-8,20H,1H3,(H,21,22,23). The van der Waals surface area contributed by atoms with E-state index >= 15 is 0 Å². The number of pyridine rings is 1. The second-order valence-corrected chi connectivity index (χ2v) is 5.81. The van der Waals surface area contributed by atoms with E-state index in [1.54, 1.807) is 43.5 Å². The van der Waals surface area contributed by atoms with Crippen molar-refractivity contribution in [3.63, 3.8) is 0 Å². The van der Waals surface area contributed by atoms with E-state index in [1.165, 1.54) is 6.20 Å². The molecule has 0 spiro atoms. The number of hydrogen-bond donors (Lipinski definition) is 2. The van der Waals surface area contributed by atoms with Crippen LogP contribution in [0.15, 0.2) is 47.2 Å². The molecule has 0 aliphatic heterocycles. The summed E-state index contributed by atoms with van der Waals surface area (Å²) in [5.41, 5.74) is 1.74. The summed E-state index contributed by atoms with van der Waals surface area (Å²) in [4.78, 5) is 16.3. The van der Waals surface area contributed by atoms with Gasteiger partial charge in [0.15, 0.2) is 5.82 Å². The lowest BCUT2D eigenvalue weighted by Crippen LogP contribution is -2.12. The molecule has 1 aromatic carbocycles. The third-order valence-electron chi connectivity index (χ3n) is 3.08. The highest BCUT2D eigenvalue weighted by Crippen LogP contribution is 2.27. The van der Waals surface area contributed by atoms with Gasteiger partial charge in [0, 0.05) is 18.0 Å². The monoisotopic (exact) mass is 362 g/mol. The van der Waals surface area contributed by atoms with Crippen LogP contribution < -0.4 is 10.6 Å². The predicted molar refractivity (Wildman–Crippen MR) is 93.2 cm³/mol. The number of aromatic nitrogens is 2. The Labute approximate surface area is 147 Å². The number of halogens is 2. The molecule has 0 aliphatic rings. The van der Waals surface area contributed by atoms with Gasteiger partial charge in [-0.3, -0.25) is 9.78 Å². The van der Waals surface area contributed by atoms with Crippen LogP contribution in [0.4, 0.5) is 17.2 Å². The van der Waals surface area contributed by atoms with Crippen LogP contribution >= 0.6 is 23.2 Å². The van der Waals surface area contributed by atoms with Gasteiger partial charge in [-0.05, 0) is 31.2 Å². The van der Waals surface area contributed by atoms with Crippen molar-refractivity contribution >= 4 is 46.3 Å². The van der Waals surface area contributed by atoms with Crippen LogP contribution in [-0.2, 0) is 0 Å². The minimum absolute atomic E-state index is 0.339. The molecule has 8 heteroatoms. The van der Waals surface area contributed by atoms with Crippen molar-refractivity contribution in [3.8, 4) is 0 Å². The third-order valence-corrected chi connectivity index (χ3v) is 3.82. The molecule has 2 N–H and O–H groups in total. The summed E-state index contributed by atoms with van der Waals surface area (Å²) in [5.74, 6) is 0.618. The number of aryl methyl sites for hydroxylation is 1. The van der Waals surface area contributed by atoms with E-state index in [0.717, 1.165) is 5.69 Å². The smallest absolute Gasteiger partial charge is 0.258 e. The lowest BCUT2D eigenvalue weighted by atomic mass is 10.2. The predicted octanol–water partition coefficient (Wildman–Crippen LogP) is 4.68. The van der Waals surface area contributed by atoms with Gasteiger partial charge in [-0.15, -0.1) is 0 Å². The van der Waals surface area contributed by atoms with E-state index in [9.17, 15) is 4.79 Å². The van der Waals surface area contributed by atoms with Crippen molar-refractivity contribution in [2.45, 2.75) is 6.92 Å². The number of nitrogens with one attached hydrogen (secondary N) is 2. The maximum atomic E-state index is 12.2. The Morgan fingerprint density at radius 1 is 1.08 bits per heavy atom. The number of hydrogen-bond acceptors (Lipinski definition) is 5. The zero-order valence-corrected chi connectivity index (χ0v) is 14.0. The number of carbonyl (C=O) groups is 1. The normalized spacial score (nSPS) is 10.5. The highest BCUT2D eigenvalue weighted by molar-refractivity contribution is 6.42. The minimum atomic E-state index is -0.339. The molecule has 2 aromatic heterocycles. The van der Waals surface area contributed by atoms with Crippen molar-refractivity contribution in [2.75, 3.05) is 10.6 Å². The van der Waals surface area contributed by atoms with Crippen molar-refractivity contribution < 1.29 is 9.32 Å². The quantitative estimate of drug-likeness (QED) is 0.704. The highest BCUT2D eigenvalue weighted by Gasteiger charge is 2.10. The average Bonchev–Trinajstić information content (AvgIpc) is 2.96. The molecule has 0 atom stereocenters. The highest BCUT2D eigenvalue weighted by atomic mass is 35.5. The van der Waals surface area contributed by atoms with Gasteiger partial charge in [0.2, 0.25) is 0 Å². The van der Waals surface area contributed by atoms with E-state index in [1.807, 2.05) is 0 Å². The third kappa shape index (κ3) is 3.84. The van der Waals surface area contributed by atoms with Gasteiger partial charge >= 0.3 is 0 Å². The summed E-state index contributed by atoms with van der Waals surface area (Å²) in [6.45, 7) is 1.74. The Morgan fingerprint density at radius 2 is 1.92 bits per heavy atom. The fourth-order valence-electron chi connectivity index (χ4n) is 1.99. The van der Waals surface area contributed by atoms with Gasteiger partial charge in [0.1, 0.15) is 5.76 Å². The first kappa shape index (κ1) is 16.3. The molecule has 0 unspecified atom stereocenters. The van der Waals surface area contributed by atoms with Gasteiger partial charge in [0.25, 0.3) is 5.91 Å². The summed E-state index contributed by atoms with van der Waals surface area (Å²) in [5, 5.41) is 10.4. The van der Waals surface area contributed by atoms with Crippen molar-refractivity contribution in [1.29, 1.82) is 0 Å². The summed E-state index contributed by atoms with van der Waals surface area (Å²) >= 11 is 11.9. The van der Waals surface area contributed by atoms with Crippen molar-refractivity contribution in [3.05, 3.63) is 64.1 Å². The van der Waals surface area contributed by atoms with E-state index in [2.05, 4.69) is 20.8 Å². The van der Waals surface area contributed by atoms with Crippen LogP contribution in [0.5, 0.6) is 0 Å². The Hall–Kier alpha value is -2.57. The molecule has 1 amide bonds. The van der Waals surface area contributed by atoms with E-state index < -0.39 is 0 Å². The molecule has 122 valence electrons. The van der Waals surface area contributed by atoms with Crippen LogP contribution in [0, 0.1) is 6.92 Å². The van der Waals surface area contributed by atoms with Gasteiger partial charge in [-0.2, -0.15) is 0 Å². The van der Waals surface area contributed by atoms with Gasteiger partial charge in [-0.1, -0.05) is 28.4 Å². The first-order chi connectivity index (χ1) is 11.5. The number of rotatable bonds is 4. The van der Waals surface area contributed by atoms with Crippen LogP contribution in [-0.4, -0.2) is 16.0 Å². The van der Waals surface area contributed by atoms with E-state index in [4.69, 9.17) is 27.7 Å². The molecule has 0 aliphatic carbocycles. The van der Waals surface area contributed by atoms with E-state index in [-0.39, 0.29) is 5.91 Å². The molecule has 0 saturated carbocycles. The number of nitrogens with zero attached hydrogens (tertiary/aromatic N) is 2. The topological polar surface area (TPSA) is 80.0 Å². The second kappa shape index (κ2) is 6.90. The Morgan fingerprint density at radius 3 is 2.62 bits per heavy atom. The van der Waals surface area contributed by atoms with E-state index in [0.29, 0.717) is 32.9 Å². The molecule has 24 heavy (non-hydrogen) atoms.